The second kappa shape index (κ2) is 8.27. The summed E-state index contributed by atoms with van der Waals surface area (Å²) in [4.78, 5) is 19.0. The molecule has 2 aromatic rings. The third kappa shape index (κ3) is 4.67. The van der Waals surface area contributed by atoms with Crippen LogP contribution in [0.4, 0.5) is 0 Å². The standard InChI is InChI=1S/C19H26N4O2/c1-3-22-9-11-23(12-10-22)15-17-13-18(20-25-17)19(24)21(2)14-16-7-5-4-6-8-16/h4-8,13H,3,9-12,14-15H2,1-2H3. The maximum atomic E-state index is 12.5. The molecule has 1 amide bonds. The Balaban J connectivity index is 1.54. The van der Waals surface area contributed by atoms with Gasteiger partial charge in [-0.15, -0.1) is 0 Å². The quantitative estimate of drug-likeness (QED) is 0.804. The molecule has 1 fully saturated rings. The first-order chi connectivity index (χ1) is 12.2. The maximum absolute atomic E-state index is 12.5. The van der Waals surface area contributed by atoms with Crippen molar-refractivity contribution in [2.45, 2.75) is 20.0 Å². The first-order valence-corrected chi connectivity index (χ1v) is 8.85. The minimum Gasteiger partial charge on any atom is -0.359 e. The molecule has 25 heavy (non-hydrogen) atoms. The summed E-state index contributed by atoms with van der Waals surface area (Å²) >= 11 is 0. The number of rotatable bonds is 6. The number of likely N-dealkylation sites (N-methyl/N-ethyl adjacent to an activating group) is 1. The summed E-state index contributed by atoms with van der Waals surface area (Å²) in [5.74, 6) is 0.635. The van der Waals surface area contributed by atoms with Crippen LogP contribution >= 0.6 is 0 Å². The Hall–Kier alpha value is -2.18. The summed E-state index contributed by atoms with van der Waals surface area (Å²) in [6.45, 7) is 8.75. The van der Waals surface area contributed by atoms with Crippen molar-refractivity contribution >= 4 is 5.91 Å². The van der Waals surface area contributed by atoms with Gasteiger partial charge in [0.05, 0.1) is 6.54 Å². The van der Waals surface area contributed by atoms with Crippen LogP contribution in [0.5, 0.6) is 0 Å². The molecule has 3 rings (SSSR count). The molecular weight excluding hydrogens is 316 g/mol. The highest BCUT2D eigenvalue weighted by Gasteiger charge is 2.20. The van der Waals surface area contributed by atoms with Crippen LogP contribution < -0.4 is 0 Å². The smallest absolute Gasteiger partial charge is 0.276 e. The van der Waals surface area contributed by atoms with Crippen LogP contribution in [0, 0.1) is 0 Å². The second-order valence-corrected chi connectivity index (χ2v) is 6.54. The molecule has 0 saturated carbocycles. The Bertz CT molecular complexity index is 678. The molecule has 0 bridgehead atoms. The maximum Gasteiger partial charge on any atom is 0.276 e. The highest BCUT2D eigenvalue weighted by atomic mass is 16.5. The number of hydrogen-bond acceptors (Lipinski definition) is 5. The Labute approximate surface area is 149 Å². The van der Waals surface area contributed by atoms with E-state index in [0.717, 1.165) is 44.0 Å². The summed E-state index contributed by atoms with van der Waals surface area (Å²) < 4.78 is 5.39. The Morgan fingerprint density at radius 3 is 2.52 bits per heavy atom. The van der Waals surface area contributed by atoms with Crippen LogP contribution in [0.2, 0.25) is 0 Å². The van der Waals surface area contributed by atoms with Crippen molar-refractivity contribution in [3.8, 4) is 0 Å². The molecule has 0 N–H and O–H groups in total. The van der Waals surface area contributed by atoms with Crippen LogP contribution in [0.25, 0.3) is 0 Å². The van der Waals surface area contributed by atoms with E-state index < -0.39 is 0 Å². The highest BCUT2D eigenvalue weighted by Crippen LogP contribution is 2.12. The van der Waals surface area contributed by atoms with E-state index >= 15 is 0 Å². The average molecular weight is 342 g/mol. The van der Waals surface area contributed by atoms with Gasteiger partial charge in [0.2, 0.25) is 0 Å². The molecule has 0 radical (unpaired) electrons. The molecule has 2 heterocycles. The molecule has 0 unspecified atom stereocenters. The van der Waals surface area contributed by atoms with E-state index in [4.69, 9.17) is 4.52 Å². The third-order valence-corrected chi connectivity index (χ3v) is 4.68. The fraction of sp³-hybridized carbons (Fsp3) is 0.474. The van der Waals surface area contributed by atoms with E-state index in [1.54, 1.807) is 18.0 Å². The van der Waals surface area contributed by atoms with Crippen LogP contribution in [0.1, 0.15) is 28.7 Å². The zero-order valence-electron chi connectivity index (χ0n) is 15.0. The molecule has 1 aromatic heterocycles. The van der Waals surface area contributed by atoms with Gasteiger partial charge < -0.3 is 14.3 Å². The van der Waals surface area contributed by atoms with Gasteiger partial charge in [0.25, 0.3) is 5.91 Å². The minimum absolute atomic E-state index is 0.116. The summed E-state index contributed by atoms with van der Waals surface area (Å²) in [7, 11) is 1.79. The molecule has 0 aliphatic carbocycles. The lowest BCUT2D eigenvalue weighted by molar-refractivity contribution is 0.0774. The van der Waals surface area contributed by atoms with E-state index in [9.17, 15) is 4.79 Å². The lowest BCUT2D eigenvalue weighted by atomic mass is 10.2. The predicted octanol–water partition coefficient (Wildman–Crippen LogP) is 2.08. The number of benzene rings is 1. The Morgan fingerprint density at radius 1 is 1.16 bits per heavy atom. The van der Waals surface area contributed by atoms with Crippen molar-refractivity contribution in [1.82, 2.24) is 19.9 Å². The van der Waals surface area contributed by atoms with Crippen molar-refractivity contribution in [2.24, 2.45) is 0 Å². The highest BCUT2D eigenvalue weighted by molar-refractivity contribution is 5.92. The minimum atomic E-state index is -0.116. The number of aromatic nitrogens is 1. The van der Waals surface area contributed by atoms with E-state index in [-0.39, 0.29) is 5.91 Å². The molecule has 0 spiro atoms. The van der Waals surface area contributed by atoms with Crippen molar-refractivity contribution in [1.29, 1.82) is 0 Å². The zero-order valence-corrected chi connectivity index (χ0v) is 15.0. The Kier molecular flexibility index (Phi) is 5.83. The van der Waals surface area contributed by atoms with Crippen LogP contribution in [-0.2, 0) is 13.1 Å². The summed E-state index contributed by atoms with van der Waals surface area (Å²) in [5.41, 5.74) is 1.47. The normalized spacial score (nSPS) is 16.1. The molecule has 0 atom stereocenters. The monoisotopic (exact) mass is 342 g/mol. The fourth-order valence-electron chi connectivity index (χ4n) is 3.10. The topological polar surface area (TPSA) is 52.8 Å². The van der Waals surface area contributed by atoms with Crippen molar-refractivity contribution in [2.75, 3.05) is 39.8 Å². The molecule has 1 aliphatic rings. The van der Waals surface area contributed by atoms with Crippen LogP contribution in [-0.4, -0.2) is 65.5 Å². The van der Waals surface area contributed by atoms with Crippen LogP contribution in [0.3, 0.4) is 0 Å². The van der Waals surface area contributed by atoms with E-state index in [2.05, 4.69) is 21.9 Å². The van der Waals surface area contributed by atoms with Gasteiger partial charge in [-0.2, -0.15) is 0 Å². The molecule has 1 aliphatic heterocycles. The molecule has 6 nitrogen and oxygen atoms in total. The van der Waals surface area contributed by atoms with E-state index in [1.165, 1.54) is 0 Å². The van der Waals surface area contributed by atoms with E-state index in [0.29, 0.717) is 18.8 Å². The number of hydrogen-bond donors (Lipinski definition) is 0. The SMILES string of the molecule is CCN1CCN(Cc2cc(C(=O)N(C)Cc3ccccc3)no2)CC1. The lowest BCUT2D eigenvalue weighted by Gasteiger charge is -2.33. The van der Waals surface area contributed by atoms with Crippen LogP contribution in [0.15, 0.2) is 40.9 Å². The number of amides is 1. The number of piperazine rings is 1. The van der Waals surface area contributed by atoms with Gasteiger partial charge in [0, 0.05) is 45.8 Å². The zero-order chi connectivity index (χ0) is 17.6. The summed E-state index contributed by atoms with van der Waals surface area (Å²) in [5, 5.41) is 3.97. The first-order valence-electron chi connectivity index (χ1n) is 8.85. The lowest BCUT2D eigenvalue weighted by Crippen LogP contribution is -2.45. The van der Waals surface area contributed by atoms with Gasteiger partial charge in [0.15, 0.2) is 11.5 Å². The van der Waals surface area contributed by atoms with Gasteiger partial charge in [-0.1, -0.05) is 42.4 Å². The van der Waals surface area contributed by atoms with Gasteiger partial charge in [0.1, 0.15) is 0 Å². The average Bonchev–Trinajstić information content (AvgIpc) is 3.11. The summed E-state index contributed by atoms with van der Waals surface area (Å²) in [6, 6.07) is 11.7. The first kappa shape index (κ1) is 17.6. The van der Waals surface area contributed by atoms with Gasteiger partial charge in [-0.25, -0.2) is 0 Å². The van der Waals surface area contributed by atoms with Gasteiger partial charge in [-0.3, -0.25) is 9.69 Å². The molecule has 134 valence electrons. The van der Waals surface area contributed by atoms with Gasteiger partial charge >= 0.3 is 0 Å². The van der Waals surface area contributed by atoms with Crippen molar-refractivity contribution < 1.29 is 9.32 Å². The molecular formula is C19H26N4O2. The predicted molar refractivity (Wildman–Crippen MR) is 96.1 cm³/mol. The summed E-state index contributed by atoms with van der Waals surface area (Å²) in [6.07, 6.45) is 0. The van der Waals surface area contributed by atoms with E-state index in [1.807, 2.05) is 30.3 Å². The molecule has 1 saturated heterocycles. The largest absolute Gasteiger partial charge is 0.359 e. The number of carbonyl (C=O) groups excluding carboxylic acids is 1. The van der Waals surface area contributed by atoms with Crippen molar-refractivity contribution in [3.05, 3.63) is 53.4 Å². The van der Waals surface area contributed by atoms with Gasteiger partial charge in [-0.05, 0) is 12.1 Å². The third-order valence-electron chi connectivity index (χ3n) is 4.68. The van der Waals surface area contributed by atoms with Crippen molar-refractivity contribution in [3.63, 3.8) is 0 Å². The number of nitrogens with zero attached hydrogens (tertiary/aromatic N) is 4. The Morgan fingerprint density at radius 2 is 1.84 bits per heavy atom. The fourth-order valence-corrected chi connectivity index (χ4v) is 3.10. The molecule has 1 aromatic carbocycles. The molecule has 6 heteroatoms. The second-order valence-electron chi connectivity index (χ2n) is 6.54. The number of carbonyl (C=O) groups is 1.